The van der Waals surface area contributed by atoms with Gasteiger partial charge in [-0.25, -0.2) is 9.37 Å². The maximum atomic E-state index is 12.9. The highest BCUT2D eigenvalue weighted by Crippen LogP contribution is 2.22. The summed E-state index contributed by atoms with van der Waals surface area (Å²) in [5.74, 6) is -0.278. The van der Waals surface area contributed by atoms with E-state index in [1.54, 1.807) is 12.3 Å². The van der Waals surface area contributed by atoms with Crippen molar-refractivity contribution in [1.29, 1.82) is 0 Å². The van der Waals surface area contributed by atoms with Crippen molar-refractivity contribution in [1.82, 2.24) is 9.97 Å². The molecule has 0 spiro atoms. The molecule has 2 nitrogen and oxygen atoms in total. The molecule has 1 N–H and O–H groups in total. The Bertz CT molecular complexity index is 396. The van der Waals surface area contributed by atoms with E-state index in [4.69, 9.17) is 0 Å². The number of pyridine rings is 1. The SMILES string of the molecule is Fc1c[nH]c2ccnc(Br)c12. The smallest absolute Gasteiger partial charge is 0.151 e. The summed E-state index contributed by atoms with van der Waals surface area (Å²) >= 11 is 3.16. The first-order valence-corrected chi connectivity index (χ1v) is 3.85. The number of aromatic nitrogens is 2. The summed E-state index contributed by atoms with van der Waals surface area (Å²) in [5, 5.41) is 0.507. The summed E-state index contributed by atoms with van der Waals surface area (Å²) in [6, 6.07) is 1.73. The monoisotopic (exact) mass is 214 g/mol. The minimum Gasteiger partial charge on any atom is -0.358 e. The van der Waals surface area contributed by atoms with Gasteiger partial charge in [0.2, 0.25) is 0 Å². The molecule has 0 radical (unpaired) electrons. The summed E-state index contributed by atoms with van der Waals surface area (Å²) in [4.78, 5) is 6.68. The summed E-state index contributed by atoms with van der Waals surface area (Å²) in [5.41, 5.74) is 0.754. The lowest BCUT2D eigenvalue weighted by Gasteiger charge is -1.90. The fourth-order valence-electron chi connectivity index (χ4n) is 0.997. The summed E-state index contributed by atoms with van der Waals surface area (Å²) < 4.78 is 13.4. The number of fused-ring (bicyclic) bond motifs is 1. The quantitative estimate of drug-likeness (QED) is 0.671. The molecule has 2 heterocycles. The van der Waals surface area contributed by atoms with Crippen molar-refractivity contribution in [3.05, 3.63) is 28.9 Å². The second kappa shape index (κ2) is 2.30. The van der Waals surface area contributed by atoms with Gasteiger partial charge in [-0.15, -0.1) is 0 Å². The van der Waals surface area contributed by atoms with Crippen LogP contribution in [-0.2, 0) is 0 Å². The first kappa shape index (κ1) is 6.79. The summed E-state index contributed by atoms with van der Waals surface area (Å²) in [6.07, 6.45) is 2.93. The van der Waals surface area contributed by atoms with Crippen LogP contribution in [0.15, 0.2) is 23.1 Å². The van der Waals surface area contributed by atoms with Crippen molar-refractivity contribution in [2.45, 2.75) is 0 Å². The van der Waals surface area contributed by atoms with Crippen LogP contribution in [0.4, 0.5) is 4.39 Å². The number of rotatable bonds is 0. The van der Waals surface area contributed by atoms with Crippen LogP contribution in [0.5, 0.6) is 0 Å². The molecule has 0 aromatic carbocycles. The maximum absolute atomic E-state index is 12.9. The standard InChI is InChI=1S/C7H4BrFN2/c8-7-6-4(9)3-11-5(6)1-2-10-7/h1-3,11H. The topological polar surface area (TPSA) is 28.7 Å². The van der Waals surface area contributed by atoms with Crippen molar-refractivity contribution < 1.29 is 4.39 Å². The molecule has 0 fully saturated rings. The zero-order chi connectivity index (χ0) is 7.84. The molecule has 0 aliphatic rings. The van der Waals surface area contributed by atoms with Crippen LogP contribution in [0.2, 0.25) is 0 Å². The van der Waals surface area contributed by atoms with Gasteiger partial charge >= 0.3 is 0 Å². The lowest BCUT2D eigenvalue weighted by atomic mass is 10.3. The number of aromatic amines is 1. The second-order valence-electron chi connectivity index (χ2n) is 2.16. The molecule has 0 unspecified atom stereocenters. The molecule has 2 rings (SSSR count). The number of halogens is 2. The average Bonchev–Trinajstić information content (AvgIpc) is 2.34. The molecule has 11 heavy (non-hydrogen) atoms. The summed E-state index contributed by atoms with van der Waals surface area (Å²) in [6.45, 7) is 0. The molecule has 4 heteroatoms. The Hall–Kier alpha value is -0.900. The first-order chi connectivity index (χ1) is 5.29. The second-order valence-corrected chi connectivity index (χ2v) is 2.91. The number of H-pyrrole nitrogens is 1. The lowest BCUT2D eigenvalue weighted by molar-refractivity contribution is 0.638. The van der Waals surface area contributed by atoms with Gasteiger partial charge in [-0.05, 0) is 22.0 Å². The number of hydrogen-bond acceptors (Lipinski definition) is 1. The van der Waals surface area contributed by atoms with Gasteiger partial charge in [-0.1, -0.05) is 0 Å². The zero-order valence-corrected chi connectivity index (χ0v) is 7.02. The highest BCUT2D eigenvalue weighted by atomic mass is 79.9. The minimum absolute atomic E-state index is 0.278. The van der Waals surface area contributed by atoms with Crippen LogP contribution in [0, 0.1) is 5.82 Å². The van der Waals surface area contributed by atoms with E-state index < -0.39 is 0 Å². The molecule has 0 bridgehead atoms. The minimum atomic E-state index is -0.278. The van der Waals surface area contributed by atoms with Crippen LogP contribution in [0.25, 0.3) is 10.9 Å². The van der Waals surface area contributed by atoms with Crippen molar-refractivity contribution in [2.24, 2.45) is 0 Å². The van der Waals surface area contributed by atoms with Gasteiger partial charge in [-0.2, -0.15) is 0 Å². The molecule has 0 aliphatic carbocycles. The van der Waals surface area contributed by atoms with Crippen molar-refractivity contribution in [2.75, 3.05) is 0 Å². The molecule has 0 amide bonds. The van der Waals surface area contributed by atoms with E-state index in [0.717, 1.165) is 5.52 Å². The van der Waals surface area contributed by atoms with Gasteiger partial charge in [0.1, 0.15) is 4.60 Å². The van der Waals surface area contributed by atoms with Crippen LogP contribution in [0.3, 0.4) is 0 Å². The Morgan fingerprint density at radius 1 is 1.55 bits per heavy atom. The van der Waals surface area contributed by atoms with E-state index in [1.807, 2.05) is 0 Å². The van der Waals surface area contributed by atoms with E-state index in [0.29, 0.717) is 9.99 Å². The molecule has 0 saturated heterocycles. The van der Waals surface area contributed by atoms with E-state index in [-0.39, 0.29) is 5.82 Å². The van der Waals surface area contributed by atoms with Crippen LogP contribution >= 0.6 is 15.9 Å². The Kier molecular flexibility index (Phi) is 1.42. The predicted octanol–water partition coefficient (Wildman–Crippen LogP) is 2.46. The van der Waals surface area contributed by atoms with Crippen LogP contribution in [-0.4, -0.2) is 9.97 Å². The normalized spacial score (nSPS) is 10.7. The Morgan fingerprint density at radius 2 is 2.36 bits per heavy atom. The van der Waals surface area contributed by atoms with Gasteiger partial charge < -0.3 is 4.98 Å². The van der Waals surface area contributed by atoms with Gasteiger partial charge in [0, 0.05) is 12.4 Å². The van der Waals surface area contributed by atoms with Crippen molar-refractivity contribution >= 4 is 26.8 Å². The molecule has 0 saturated carbocycles. The van der Waals surface area contributed by atoms with E-state index >= 15 is 0 Å². The van der Waals surface area contributed by atoms with Crippen molar-refractivity contribution in [3.63, 3.8) is 0 Å². The molecular weight excluding hydrogens is 211 g/mol. The van der Waals surface area contributed by atoms with Crippen LogP contribution in [0.1, 0.15) is 0 Å². The third kappa shape index (κ3) is 0.939. The lowest BCUT2D eigenvalue weighted by Crippen LogP contribution is -1.76. The van der Waals surface area contributed by atoms with E-state index in [2.05, 4.69) is 25.9 Å². The van der Waals surface area contributed by atoms with Gasteiger partial charge in [-0.3, -0.25) is 0 Å². The number of hydrogen-bond donors (Lipinski definition) is 1. The third-order valence-corrected chi connectivity index (χ3v) is 2.10. The third-order valence-electron chi connectivity index (χ3n) is 1.50. The van der Waals surface area contributed by atoms with Gasteiger partial charge in [0.25, 0.3) is 0 Å². The highest BCUT2D eigenvalue weighted by molar-refractivity contribution is 9.10. The Morgan fingerprint density at radius 3 is 3.09 bits per heavy atom. The van der Waals surface area contributed by atoms with E-state index in [1.165, 1.54) is 6.20 Å². The largest absolute Gasteiger partial charge is 0.358 e. The first-order valence-electron chi connectivity index (χ1n) is 3.06. The Balaban J connectivity index is 2.96. The number of nitrogens with zero attached hydrogens (tertiary/aromatic N) is 1. The molecule has 56 valence electrons. The number of nitrogens with one attached hydrogen (secondary N) is 1. The predicted molar refractivity (Wildman–Crippen MR) is 43.8 cm³/mol. The summed E-state index contributed by atoms with van der Waals surface area (Å²) in [7, 11) is 0. The van der Waals surface area contributed by atoms with Gasteiger partial charge in [0.15, 0.2) is 5.82 Å². The molecular formula is C7H4BrFN2. The van der Waals surface area contributed by atoms with Gasteiger partial charge in [0.05, 0.1) is 10.9 Å². The fraction of sp³-hybridized carbons (Fsp3) is 0. The molecule has 0 aliphatic heterocycles. The zero-order valence-electron chi connectivity index (χ0n) is 5.44. The highest BCUT2D eigenvalue weighted by Gasteiger charge is 2.05. The maximum Gasteiger partial charge on any atom is 0.151 e. The fourth-order valence-corrected chi connectivity index (χ4v) is 1.52. The Labute approximate surface area is 70.6 Å². The molecule has 2 aromatic heterocycles. The molecule has 0 atom stereocenters. The van der Waals surface area contributed by atoms with E-state index in [9.17, 15) is 4.39 Å². The van der Waals surface area contributed by atoms with Crippen molar-refractivity contribution in [3.8, 4) is 0 Å². The molecule has 2 aromatic rings. The average molecular weight is 215 g/mol. The van der Waals surface area contributed by atoms with Crippen LogP contribution < -0.4 is 0 Å².